The van der Waals surface area contributed by atoms with Crippen LogP contribution in [0.3, 0.4) is 0 Å². The van der Waals surface area contributed by atoms with Crippen molar-refractivity contribution in [2.24, 2.45) is 11.3 Å². The molecule has 0 radical (unpaired) electrons. The fourth-order valence-electron chi connectivity index (χ4n) is 3.27. The van der Waals surface area contributed by atoms with E-state index in [2.05, 4.69) is 4.72 Å². The first-order valence-corrected chi connectivity index (χ1v) is 10.3. The van der Waals surface area contributed by atoms with Crippen molar-refractivity contribution >= 4 is 21.9 Å². The van der Waals surface area contributed by atoms with Gasteiger partial charge in [-0.15, -0.1) is 0 Å². The molecule has 2 N–H and O–H groups in total. The van der Waals surface area contributed by atoms with Gasteiger partial charge in [0.05, 0.1) is 12.2 Å². The van der Waals surface area contributed by atoms with Gasteiger partial charge in [-0.2, -0.15) is 0 Å². The monoisotopic (exact) mass is 382 g/mol. The summed E-state index contributed by atoms with van der Waals surface area (Å²) >= 11 is 0. The molecule has 0 bridgehead atoms. The highest BCUT2D eigenvalue weighted by molar-refractivity contribution is 7.88. The van der Waals surface area contributed by atoms with Gasteiger partial charge >= 0.3 is 5.97 Å². The van der Waals surface area contributed by atoms with Crippen LogP contribution in [0.15, 0.2) is 30.3 Å². The molecule has 8 heteroatoms. The summed E-state index contributed by atoms with van der Waals surface area (Å²) in [4.78, 5) is 26.2. The van der Waals surface area contributed by atoms with Crippen LogP contribution in [0.25, 0.3) is 0 Å². The average Bonchev–Trinajstić information content (AvgIpc) is 2.96. The predicted molar refractivity (Wildman–Crippen MR) is 98.1 cm³/mol. The van der Waals surface area contributed by atoms with Crippen molar-refractivity contribution in [3.63, 3.8) is 0 Å². The number of nitrogens with one attached hydrogen (secondary N) is 1. The number of amides is 1. The summed E-state index contributed by atoms with van der Waals surface area (Å²) in [6.45, 7) is 5.62. The number of nitrogens with zero attached hydrogens (tertiary/aromatic N) is 1. The van der Waals surface area contributed by atoms with Crippen LogP contribution in [0.5, 0.6) is 0 Å². The van der Waals surface area contributed by atoms with Crippen molar-refractivity contribution in [2.75, 3.05) is 19.3 Å². The number of likely N-dealkylation sites (tertiary alicyclic amines) is 1. The van der Waals surface area contributed by atoms with Gasteiger partial charge in [0.25, 0.3) is 0 Å². The molecule has 1 heterocycles. The summed E-state index contributed by atoms with van der Waals surface area (Å²) in [5.74, 6) is -2.40. The third-order valence-corrected chi connectivity index (χ3v) is 5.29. The van der Waals surface area contributed by atoms with E-state index in [9.17, 15) is 23.1 Å². The number of sulfonamides is 1. The summed E-state index contributed by atoms with van der Waals surface area (Å²) in [6, 6.07) is 8.27. The van der Waals surface area contributed by atoms with E-state index in [1.807, 2.05) is 30.3 Å². The second kappa shape index (κ2) is 7.36. The lowest BCUT2D eigenvalue weighted by Gasteiger charge is -2.33. The Morgan fingerprint density at radius 2 is 1.77 bits per heavy atom. The average molecular weight is 382 g/mol. The first-order chi connectivity index (χ1) is 11.9. The Hall–Kier alpha value is -1.93. The number of rotatable bonds is 5. The van der Waals surface area contributed by atoms with Crippen LogP contribution >= 0.6 is 0 Å². The van der Waals surface area contributed by atoms with Crippen molar-refractivity contribution in [3.8, 4) is 0 Å². The van der Waals surface area contributed by atoms with Gasteiger partial charge in [-0.3, -0.25) is 9.59 Å². The number of carbonyl (C=O) groups is 2. The second-order valence-corrected chi connectivity index (χ2v) is 9.67. The third-order valence-electron chi connectivity index (χ3n) is 4.62. The molecule has 1 aromatic rings. The van der Waals surface area contributed by atoms with E-state index in [0.29, 0.717) is 0 Å². The SMILES string of the molecule is CC(C)(C)C(NS(C)(=O)=O)C(=O)N1C[C@H](C(=O)O)[C@H](c2ccccc2)C1. The van der Waals surface area contributed by atoms with Crippen molar-refractivity contribution in [1.82, 2.24) is 9.62 Å². The second-order valence-electron chi connectivity index (χ2n) is 7.89. The Morgan fingerprint density at radius 1 is 1.19 bits per heavy atom. The van der Waals surface area contributed by atoms with E-state index in [-0.39, 0.29) is 19.0 Å². The molecule has 1 saturated heterocycles. The number of benzene rings is 1. The minimum Gasteiger partial charge on any atom is -0.481 e. The minimum atomic E-state index is -3.59. The van der Waals surface area contributed by atoms with Gasteiger partial charge in [0.2, 0.25) is 15.9 Å². The maximum Gasteiger partial charge on any atom is 0.308 e. The fourth-order valence-corrected chi connectivity index (χ4v) is 4.15. The topological polar surface area (TPSA) is 104 Å². The van der Waals surface area contributed by atoms with E-state index in [1.165, 1.54) is 4.90 Å². The predicted octanol–water partition coefficient (Wildman–Crippen LogP) is 1.28. The van der Waals surface area contributed by atoms with Crippen LogP contribution in [-0.4, -0.2) is 55.7 Å². The number of carbonyl (C=O) groups excluding carboxylic acids is 1. The van der Waals surface area contributed by atoms with Gasteiger partial charge in [0, 0.05) is 19.0 Å². The molecule has 1 amide bonds. The smallest absolute Gasteiger partial charge is 0.308 e. The number of hydrogen-bond donors (Lipinski definition) is 2. The van der Waals surface area contributed by atoms with E-state index < -0.39 is 39.3 Å². The zero-order chi connectivity index (χ0) is 19.7. The quantitative estimate of drug-likeness (QED) is 0.798. The third kappa shape index (κ3) is 4.82. The lowest BCUT2D eigenvalue weighted by Crippen LogP contribution is -2.54. The molecule has 1 aliphatic heterocycles. The van der Waals surface area contributed by atoms with Gasteiger partial charge in [0.15, 0.2) is 0 Å². The summed E-state index contributed by atoms with van der Waals surface area (Å²) in [6.07, 6.45) is 1.01. The standard InChI is InChI=1S/C18H26N2O5S/c1-18(2,3)15(19-26(4,24)25)16(21)20-10-13(14(11-20)17(22)23)12-8-6-5-7-9-12/h5-9,13-15,19H,10-11H2,1-4H3,(H,22,23)/t13-,14-,15?/m0/s1. The zero-order valence-electron chi connectivity index (χ0n) is 15.5. The minimum absolute atomic E-state index is 0.0613. The summed E-state index contributed by atoms with van der Waals surface area (Å²) in [5, 5.41) is 9.58. The number of carboxylic acid groups (broad SMARTS) is 1. The highest BCUT2D eigenvalue weighted by Crippen LogP contribution is 2.34. The van der Waals surface area contributed by atoms with Crippen LogP contribution < -0.4 is 4.72 Å². The Morgan fingerprint density at radius 3 is 2.23 bits per heavy atom. The van der Waals surface area contributed by atoms with Crippen molar-refractivity contribution < 1.29 is 23.1 Å². The maximum absolute atomic E-state index is 13.0. The molecule has 26 heavy (non-hydrogen) atoms. The van der Waals surface area contributed by atoms with Crippen LogP contribution in [0.2, 0.25) is 0 Å². The van der Waals surface area contributed by atoms with Gasteiger partial charge in [-0.1, -0.05) is 51.1 Å². The number of aliphatic carboxylic acids is 1. The van der Waals surface area contributed by atoms with E-state index in [1.54, 1.807) is 20.8 Å². The molecule has 144 valence electrons. The molecule has 1 unspecified atom stereocenters. The molecule has 0 aromatic heterocycles. The normalized spacial score (nSPS) is 22.2. The molecule has 0 saturated carbocycles. The largest absolute Gasteiger partial charge is 0.481 e. The van der Waals surface area contributed by atoms with Crippen molar-refractivity contribution in [3.05, 3.63) is 35.9 Å². The van der Waals surface area contributed by atoms with Crippen LogP contribution in [0.4, 0.5) is 0 Å². The molecule has 3 atom stereocenters. The molecule has 2 rings (SSSR count). The van der Waals surface area contributed by atoms with Crippen LogP contribution in [-0.2, 0) is 19.6 Å². The van der Waals surface area contributed by atoms with Gasteiger partial charge in [-0.25, -0.2) is 13.1 Å². The van der Waals surface area contributed by atoms with E-state index >= 15 is 0 Å². The fraction of sp³-hybridized carbons (Fsp3) is 0.556. The van der Waals surface area contributed by atoms with E-state index in [0.717, 1.165) is 11.8 Å². The highest BCUT2D eigenvalue weighted by atomic mass is 32.2. The molecule has 0 aliphatic carbocycles. The molecular weight excluding hydrogens is 356 g/mol. The maximum atomic E-state index is 13.0. The molecule has 1 aromatic carbocycles. The summed E-state index contributed by atoms with van der Waals surface area (Å²) < 4.78 is 25.8. The highest BCUT2D eigenvalue weighted by Gasteiger charge is 2.44. The molecule has 0 spiro atoms. The Bertz CT molecular complexity index is 771. The molecule has 7 nitrogen and oxygen atoms in total. The Labute approximate surface area is 154 Å². The van der Waals surface area contributed by atoms with Crippen LogP contribution in [0.1, 0.15) is 32.3 Å². The number of carboxylic acids is 1. The van der Waals surface area contributed by atoms with Crippen molar-refractivity contribution in [2.45, 2.75) is 32.7 Å². The summed E-state index contributed by atoms with van der Waals surface area (Å²) in [7, 11) is -3.59. The van der Waals surface area contributed by atoms with Gasteiger partial charge < -0.3 is 10.0 Å². The van der Waals surface area contributed by atoms with Crippen LogP contribution in [0, 0.1) is 11.3 Å². The summed E-state index contributed by atoms with van der Waals surface area (Å²) in [5.41, 5.74) is 0.211. The lowest BCUT2D eigenvalue weighted by molar-refractivity contribution is -0.142. The zero-order valence-corrected chi connectivity index (χ0v) is 16.3. The van der Waals surface area contributed by atoms with Gasteiger partial charge in [0.1, 0.15) is 6.04 Å². The Kier molecular flexibility index (Phi) is 5.77. The first kappa shape index (κ1) is 20.4. The van der Waals surface area contributed by atoms with Crippen molar-refractivity contribution in [1.29, 1.82) is 0 Å². The Balaban J connectivity index is 2.29. The van der Waals surface area contributed by atoms with E-state index in [4.69, 9.17) is 0 Å². The first-order valence-electron chi connectivity index (χ1n) is 8.44. The number of hydrogen-bond acceptors (Lipinski definition) is 4. The van der Waals surface area contributed by atoms with Gasteiger partial charge in [-0.05, 0) is 11.0 Å². The molecule has 1 fully saturated rings. The molecular formula is C18H26N2O5S. The lowest BCUT2D eigenvalue weighted by atomic mass is 9.86. The molecule has 1 aliphatic rings.